The fraction of sp³-hybridized carbons (Fsp3) is 0.0725. The number of allylic oxidation sites excluding steroid dienone is 5. The standard InChI is InChI=1S/C69H50N6/c1-45-59(31-35-66-67(45)62-40-54(47-18-8-3-9-19-47)29-34-65(62)74(66)58-43-70-68(71-44-58)49-22-12-5-13-23-49)56-27-15-26-52(37-56)50-24-14-25-51(36-50)55-30-33-64-61(39-55)60-38-53(46-16-6-2-7-17-46)28-32-63(60)75(64)69-72-41-57(42-73-69)48-20-10-4-11-21-48/h3-6,8-45,59H,2,7H2,1H3. The molecule has 2 aliphatic carbocycles. The molecule has 0 bridgehead atoms. The Morgan fingerprint density at radius 3 is 1.60 bits per heavy atom. The van der Waals surface area contributed by atoms with E-state index in [9.17, 15) is 0 Å². The van der Waals surface area contributed by atoms with Gasteiger partial charge in [0.2, 0.25) is 5.95 Å². The highest BCUT2D eigenvalue weighted by molar-refractivity contribution is 6.11. The van der Waals surface area contributed by atoms with Crippen LogP contribution in [0.15, 0.2) is 243 Å². The molecule has 8 aromatic carbocycles. The first-order valence-corrected chi connectivity index (χ1v) is 25.9. The Hall–Kier alpha value is -9.52. The molecule has 0 saturated carbocycles. The van der Waals surface area contributed by atoms with Gasteiger partial charge in [-0.2, -0.15) is 0 Å². The highest BCUT2D eigenvalue weighted by Crippen LogP contribution is 2.47. The van der Waals surface area contributed by atoms with Gasteiger partial charge in [0.15, 0.2) is 5.82 Å². The van der Waals surface area contributed by atoms with Crippen LogP contribution in [0.4, 0.5) is 0 Å². The number of hydrogen-bond acceptors (Lipinski definition) is 4. The fourth-order valence-corrected chi connectivity index (χ4v) is 11.6. The maximum atomic E-state index is 4.96. The number of rotatable bonds is 9. The normalized spacial score (nSPS) is 15.1. The molecule has 0 N–H and O–H groups in total. The van der Waals surface area contributed by atoms with Crippen LogP contribution < -0.4 is 0 Å². The van der Waals surface area contributed by atoms with E-state index in [0.717, 1.165) is 62.9 Å². The second-order valence-corrected chi connectivity index (χ2v) is 19.8. The molecule has 4 aromatic heterocycles. The van der Waals surface area contributed by atoms with E-state index < -0.39 is 0 Å². The minimum absolute atomic E-state index is 0.153. The summed E-state index contributed by atoms with van der Waals surface area (Å²) in [5.41, 5.74) is 20.7. The monoisotopic (exact) mass is 962 g/mol. The number of nitrogens with zero attached hydrogens (tertiary/aromatic N) is 6. The van der Waals surface area contributed by atoms with Crippen LogP contribution in [-0.2, 0) is 0 Å². The van der Waals surface area contributed by atoms with Gasteiger partial charge in [-0.15, -0.1) is 0 Å². The van der Waals surface area contributed by atoms with Crippen LogP contribution >= 0.6 is 0 Å². The zero-order valence-electron chi connectivity index (χ0n) is 41.4. The fourth-order valence-electron chi connectivity index (χ4n) is 11.6. The molecule has 4 heterocycles. The van der Waals surface area contributed by atoms with Crippen LogP contribution in [-0.4, -0.2) is 29.1 Å². The van der Waals surface area contributed by atoms with Crippen molar-refractivity contribution in [3.63, 3.8) is 0 Å². The van der Waals surface area contributed by atoms with E-state index in [1.165, 1.54) is 66.4 Å². The van der Waals surface area contributed by atoms with Crippen molar-refractivity contribution >= 4 is 44.4 Å². The van der Waals surface area contributed by atoms with Crippen LogP contribution in [0, 0.1) is 0 Å². The molecule has 12 aromatic rings. The van der Waals surface area contributed by atoms with E-state index in [1.807, 2.05) is 61.2 Å². The van der Waals surface area contributed by atoms with Crippen LogP contribution in [0.5, 0.6) is 0 Å². The van der Waals surface area contributed by atoms with Gasteiger partial charge in [0.1, 0.15) is 0 Å². The quantitative estimate of drug-likeness (QED) is 0.145. The van der Waals surface area contributed by atoms with E-state index in [0.29, 0.717) is 11.8 Å². The van der Waals surface area contributed by atoms with Crippen molar-refractivity contribution in [1.29, 1.82) is 0 Å². The molecule has 2 aliphatic rings. The molecule has 0 fully saturated rings. The third-order valence-electron chi connectivity index (χ3n) is 15.4. The summed E-state index contributed by atoms with van der Waals surface area (Å²) in [6, 6.07) is 69.9. The summed E-state index contributed by atoms with van der Waals surface area (Å²) < 4.78 is 4.55. The number of fused-ring (bicyclic) bond motifs is 6. The minimum Gasteiger partial charge on any atom is -0.307 e. The lowest BCUT2D eigenvalue weighted by Crippen LogP contribution is -2.12. The van der Waals surface area contributed by atoms with Gasteiger partial charge < -0.3 is 4.57 Å². The first kappa shape index (κ1) is 44.2. The van der Waals surface area contributed by atoms with Crippen molar-refractivity contribution in [2.45, 2.75) is 31.6 Å². The van der Waals surface area contributed by atoms with Gasteiger partial charge in [0.25, 0.3) is 0 Å². The molecule has 356 valence electrons. The summed E-state index contributed by atoms with van der Waals surface area (Å²) in [6.07, 6.45) is 21.5. The number of aromatic nitrogens is 6. The third-order valence-corrected chi connectivity index (χ3v) is 15.4. The Bertz CT molecular complexity index is 4220. The molecule has 6 nitrogen and oxygen atoms in total. The largest absolute Gasteiger partial charge is 0.307 e. The van der Waals surface area contributed by atoms with Crippen molar-refractivity contribution in [2.24, 2.45) is 0 Å². The molecule has 0 saturated heterocycles. The van der Waals surface area contributed by atoms with Gasteiger partial charge in [-0.1, -0.05) is 183 Å². The topological polar surface area (TPSA) is 61.4 Å². The molecular weight excluding hydrogens is 913 g/mol. The maximum absolute atomic E-state index is 4.96. The zero-order valence-corrected chi connectivity index (χ0v) is 41.4. The second kappa shape index (κ2) is 18.5. The summed E-state index contributed by atoms with van der Waals surface area (Å²) in [6.45, 7) is 2.39. The summed E-state index contributed by atoms with van der Waals surface area (Å²) in [5.74, 6) is 1.70. The lowest BCUT2D eigenvalue weighted by molar-refractivity contribution is 0.671. The van der Waals surface area contributed by atoms with E-state index in [1.54, 1.807) is 0 Å². The first-order chi connectivity index (χ1) is 37.1. The smallest absolute Gasteiger partial charge is 0.234 e. The van der Waals surface area contributed by atoms with Crippen LogP contribution in [0.3, 0.4) is 0 Å². The molecular formula is C69H50N6. The Labute approximate surface area is 436 Å². The van der Waals surface area contributed by atoms with Gasteiger partial charge >= 0.3 is 0 Å². The molecule has 0 aliphatic heterocycles. The molecule has 0 amide bonds. The van der Waals surface area contributed by atoms with E-state index in [4.69, 9.17) is 19.9 Å². The van der Waals surface area contributed by atoms with Gasteiger partial charge in [0, 0.05) is 45.6 Å². The lowest BCUT2D eigenvalue weighted by atomic mass is 9.77. The average Bonchev–Trinajstić information content (AvgIpc) is 4.06. The van der Waals surface area contributed by atoms with Gasteiger partial charge in [0.05, 0.1) is 40.3 Å². The summed E-state index contributed by atoms with van der Waals surface area (Å²) in [4.78, 5) is 19.7. The van der Waals surface area contributed by atoms with Crippen LogP contribution in [0.25, 0.3) is 112 Å². The van der Waals surface area contributed by atoms with E-state index in [2.05, 4.69) is 204 Å². The molecule has 0 spiro atoms. The average molecular weight is 963 g/mol. The van der Waals surface area contributed by atoms with Crippen molar-refractivity contribution in [3.05, 3.63) is 266 Å². The molecule has 6 heteroatoms. The van der Waals surface area contributed by atoms with Gasteiger partial charge in [-0.25, -0.2) is 19.9 Å². The molecule has 0 radical (unpaired) electrons. The van der Waals surface area contributed by atoms with Crippen molar-refractivity contribution in [1.82, 2.24) is 29.1 Å². The Kier molecular flexibility index (Phi) is 10.9. The minimum atomic E-state index is 0.153. The molecule has 75 heavy (non-hydrogen) atoms. The Morgan fingerprint density at radius 1 is 0.413 bits per heavy atom. The van der Waals surface area contributed by atoms with Gasteiger partial charge in [-0.3, -0.25) is 4.57 Å². The summed E-state index contributed by atoms with van der Waals surface area (Å²) >= 11 is 0. The number of hydrogen-bond donors (Lipinski definition) is 0. The molecule has 2 atom stereocenters. The van der Waals surface area contributed by atoms with E-state index in [-0.39, 0.29) is 11.8 Å². The predicted octanol–water partition coefficient (Wildman–Crippen LogP) is 17.3. The first-order valence-electron chi connectivity index (χ1n) is 25.9. The predicted molar refractivity (Wildman–Crippen MR) is 309 cm³/mol. The van der Waals surface area contributed by atoms with Gasteiger partial charge in [-0.05, 0) is 129 Å². The molecule has 2 unspecified atom stereocenters. The van der Waals surface area contributed by atoms with Crippen LogP contribution in [0.2, 0.25) is 0 Å². The SMILES string of the molecule is CC1c2c(n(-c3cnc(-c4ccccc4)nc3)c3ccc(-c4ccccc4)cc23)C=CC1c1cccc(-c2cccc(-c3ccc4c(c3)c3cc(C5=CCCC=C5)ccc3n4-c3ncc(-c4ccccc4)cn3)c2)c1. The Balaban J connectivity index is 0.824. The highest BCUT2D eigenvalue weighted by atomic mass is 15.1. The maximum Gasteiger partial charge on any atom is 0.234 e. The van der Waals surface area contributed by atoms with Crippen molar-refractivity contribution < 1.29 is 0 Å². The van der Waals surface area contributed by atoms with E-state index >= 15 is 0 Å². The summed E-state index contributed by atoms with van der Waals surface area (Å²) in [7, 11) is 0. The summed E-state index contributed by atoms with van der Waals surface area (Å²) in [5, 5.41) is 3.59. The van der Waals surface area contributed by atoms with Crippen molar-refractivity contribution in [3.8, 4) is 67.5 Å². The third kappa shape index (κ3) is 7.90. The second-order valence-electron chi connectivity index (χ2n) is 19.8. The highest BCUT2D eigenvalue weighted by Gasteiger charge is 2.31. The molecule has 14 rings (SSSR count). The Morgan fingerprint density at radius 2 is 0.947 bits per heavy atom. The zero-order chi connectivity index (χ0) is 49.8. The van der Waals surface area contributed by atoms with Crippen molar-refractivity contribution in [2.75, 3.05) is 0 Å². The van der Waals surface area contributed by atoms with Crippen LogP contribution in [0.1, 0.15) is 54.0 Å². The lowest BCUT2D eigenvalue weighted by Gasteiger charge is -2.27. The number of benzene rings is 8.